The number of pyridine rings is 1. The highest BCUT2D eigenvalue weighted by Crippen LogP contribution is 2.35. The third-order valence-electron chi connectivity index (χ3n) is 4.12. The molecular formula is C16H23F2N3O3. The average Bonchev–Trinajstić information content (AvgIpc) is 2.92. The number of aromatic nitrogens is 1. The molecule has 1 aliphatic heterocycles. The molecule has 8 heteroatoms. The molecule has 0 saturated carbocycles. The number of carbonyl (C=O) groups excluding carboxylic acids is 1. The molecule has 0 aromatic carbocycles. The summed E-state index contributed by atoms with van der Waals surface area (Å²) in [5, 5.41) is 12.5. The van der Waals surface area contributed by atoms with Crippen LogP contribution in [0.4, 0.5) is 19.3 Å². The van der Waals surface area contributed by atoms with E-state index in [-0.39, 0.29) is 18.5 Å². The molecule has 2 heterocycles. The number of hydrogen-bond acceptors (Lipinski definition) is 4. The standard InChI is InChI=1S/C16H23F2N3O3/c1-11(2)8-16(10-22)6-3-7-21(16)15(23)20-12-4-5-13(19-9-12)24-14(17)18/h4-5,9,11,14,22H,3,6-8,10H2,1-2H3,(H,20,23)/t16-/m0/s1. The summed E-state index contributed by atoms with van der Waals surface area (Å²) in [4.78, 5) is 17.9. The Kier molecular flexibility index (Phi) is 5.93. The summed E-state index contributed by atoms with van der Waals surface area (Å²) in [5.74, 6) is 0.131. The summed E-state index contributed by atoms with van der Waals surface area (Å²) in [5.41, 5.74) is -0.172. The van der Waals surface area contributed by atoms with Crippen LogP contribution in [0, 0.1) is 5.92 Å². The molecule has 2 rings (SSSR count). The van der Waals surface area contributed by atoms with Crippen molar-refractivity contribution in [2.45, 2.75) is 45.3 Å². The van der Waals surface area contributed by atoms with E-state index in [2.05, 4.69) is 28.9 Å². The highest BCUT2D eigenvalue weighted by molar-refractivity contribution is 5.90. The van der Waals surface area contributed by atoms with Crippen LogP contribution in [0.1, 0.15) is 33.1 Å². The Morgan fingerprint density at radius 3 is 2.79 bits per heavy atom. The maximum absolute atomic E-state index is 12.6. The van der Waals surface area contributed by atoms with Crippen LogP contribution < -0.4 is 10.1 Å². The second-order valence-corrected chi connectivity index (χ2v) is 6.43. The first-order valence-corrected chi connectivity index (χ1v) is 7.96. The summed E-state index contributed by atoms with van der Waals surface area (Å²) in [6, 6.07) is 2.38. The molecule has 0 aliphatic carbocycles. The number of anilines is 1. The van der Waals surface area contributed by atoms with Gasteiger partial charge >= 0.3 is 12.6 Å². The van der Waals surface area contributed by atoms with Crippen molar-refractivity contribution in [3.05, 3.63) is 18.3 Å². The number of likely N-dealkylation sites (tertiary alicyclic amines) is 1. The van der Waals surface area contributed by atoms with Gasteiger partial charge in [-0.2, -0.15) is 8.78 Å². The minimum Gasteiger partial charge on any atom is -0.417 e. The summed E-state index contributed by atoms with van der Waals surface area (Å²) in [7, 11) is 0. The first-order chi connectivity index (χ1) is 11.4. The maximum Gasteiger partial charge on any atom is 0.388 e. The lowest BCUT2D eigenvalue weighted by Gasteiger charge is -2.38. The van der Waals surface area contributed by atoms with Crippen molar-refractivity contribution in [3.63, 3.8) is 0 Å². The van der Waals surface area contributed by atoms with Gasteiger partial charge in [0.05, 0.1) is 24.0 Å². The van der Waals surface area contributed by atoms with Crippen LogP contribution in [0.25, 0.3) is 0 Å². The zero-order valence-corrected chi connectivity index (χ0v) is 13.8. The fourth-order valence-corrected chi connectivity index (χ4v) is 3.26. The lowest BCUT2D eigenvalue weighted by Crippen LogP contribution is -2.52. The number of aliphatic hydroxyl groups is 1. The number of nitrogens with zero attached hydrogens (tertiary/aromatic N) is 2. The highest BCUT2D eigenvalue weighted by Gasteiger charge is 2.43. The Morgan fingerprint density at radius 1 is 1.50 bits per heavy atom. The number of amides is 2. The molecule has 2 amide bonds. The molecule has 1 aromatic heterocycles. The molecule has 0 bridgehead atoms. The Hall–Kier alpha value is -1.96. The monoisotopic (exact) mass is 343 g/mol. The molecule has 0 spiro atoms. The number of hydrogen-bond donors (Lipinski definition) is 2. The number of alkyl halides is 2. The van der Waals surface area contributed by atoms with Crippen molar-refractivity contribution >= 4 is 11.7 Å². The van der Waals surface area contributed by atoms with Crippen molar-refractivity contribution in [1.29, 1.82) is 0 Å². The van der Waals surface area contributed by atoms with Gasteiger partial charge in [0.2, 0.25) is 5.88 Å². The molecule has 0 unspecified atom stereocenters. The molecule has 1 saturated heterocycles. The SMILES string of the molecule is CC(C)C[C@]1(CO)CCCN1C(=O)Nc1ccc(OC(F)F)nc1. The van der Waals surface area contributed by atoms with E-state index in [9.17, 15) is 18.7 Å². The molecule has 1 fully saturated rings. The Balaban J connectivity index is 2.05. The van der Waals surface area contributed by atoms with Crippen LogP contribution in [-0.4, -0.2) is 46.3 Å². The zero-order chi connectivity index (χ0) is 17.7. The van der Waals surface area contributed by atoms with E-state index in [0.29, 0.717) is 18.2 Å². The Bertz CT molecular complexity index is 554. The van der Waals surface area contributed by atoms with Crippen molar-refractivity contribution in [2.24, 2.45) is 5.92 Å². The first kappa shape index (κ1) is 18.4. The van der Waals surface area contributed by atoms with Crippen LogP contribution in [0.15, 0.2) is 18.3 Å². The van der Waals surface area contributed by atoms with Crippen LogP contribution in [0.3, 0.4) is 0 Å². The number of carbonyl (C=O) groups is 1. The number of urea groups is 1. The number of aliphatic hydroxyl groups excluding tert-OH is 1. The molecule has 1 aromatic rings. The predicted molar refractivity (Wildman–Crippen MR) is 85.1 cm³/mol. The van der Waals surface area contributed by atoms with Gasteiger partial charge in [-0.1, -0.05) is 13.8 Å². The van der Waals surface area contributed by atoms with E-state index < -0.39 is 12.2 Å². The van der Waals surface area contributed by atoms with Gasteiger partial charge in [-0.3, -0.25) is 0 Å². The van der Waals surface area contributed by atoms with Gasteiger partial charge < -0.3 is 20.1 Å². The summed E-state index contributed by atoms with van der Waals surface area (Å²) in [6.07, 6.45) is 3.57. The zero-order valence-electron chi connectivity index (χ0n) is 13.8. The number of rotatable bonds is 6. The molecule has 6 nitrogen and oxygen atoms in total. The average molecular weight is 343 g/mol. The van der Waals surface area contributed by atoms with Crippen LogP contribution >= 0.6 is 0 Å². The van der Waals surface area contributed by atoms with Gasteiger partial charge in [0.15, 0.2) is 0 Å². The van der Waals surface area contributed by atoms with Gasteiger partial charge in [-0.15, -0.1) is 0 Å². The molecular weight excluding hydrogens is 320 g/mol. The lowest BCUT2D eigenvalue weighted by molar-refractivity contribution is -0.0528. The predicted octanol–water partition coefficient (Wildman–Crippen LogP) is 3.09. The number of ether oxygens (including phenoxy) is 1. The van der Waals surface area contributed by atoms with E-state index in [0.717, 1.165) is 19.3 Å². The summed E-state index contributed by atoms with van der Waals surface area (Å²) >= 11 is 0. The highest BCUT2D eigenvalue weighted by atomic mass is 19.3. The van der Waals surface area contributed by atoms with E-state index in [4.69, 9.17) is 0 Å². The van der Waals surface area contributed by atoms with Gasteiger partial charge in [-0.05, 0) is 31.2 Å². The van der Waals surface area contributed by atoms with Crippen LogP contribution in [-0.2, 0) is 0 Å². The number of halogens is 2. The molecule has 24 heavy (non-hydrogen) atoms. The maximum atomic E-state index is 12.6. The minimum absolute atomic E-state index is 0.0853. The Labute approximate surface area is 139 Å². The minimum atomic E-state index is -2.94. The largest absolute Gasteiger partial charge is 0.417 e. The van der Waals surface area contributed by atoms with E-state index >= 15 is 0 Å². The van der Waals surface area contributed by atoms with Crippen LogP contribution in [0.2, 0.25) is 0 Å². The third kappa shape index (κ3) is 4.31. The topological polar surface area (TPSA) is 74.7 Å². The molecule has 1 aliphatic rings. The normalized spacial score (nSPS) is 20.7. The van der Waals surface area contributed by atoms with E-state index in [1.54, 1.807) is 4.90 Å². The fraction of sp³-hybridized carbons (Fsp3) is 0.625. The first-order valence-electron chi connectivity index (χ1n) is 7.96. The van der Waals surface area contributed by atoms with Gasteiger partial charge in [0, 0.05) is 12.6 Å². The molecule has 0 radical (unpaired) electrons. The molecule has 134 valence electrons. The van der Waals surface area contributed by atoms with Crippen molar-refractivity contribution in [3.8, 4) is 5.88 Å². The lowest BCUT2D eigenvalue weighted by atomic mass is 9.87. The second kappa shape index (κ2) is 7.74. The quantitative estimate of drug-likeness (QED) is 0.832. The third-order valence-corrected chi connectivity index (χ3v) is 4.12. The molecule has 2 N–H and O–H groups in total. The van der Waals surface area contributed by atoms with Crippen molar-refractivity contribution < 1.29 is 23.4 Å². The van der Waals surface area contributed by atoms with Gasteiger partial charge in [-0.25, -0.2) is 9.78 Å². The summed E-state index contributed by atoms with van der Waals surface area (Å²) in [6.45, 7) is 1.65. The fourth-order valence-electron chi connectivity index (χ4n) is 3.26. The van der Waals surface area contributed by atoms with Gasteiger partial charge in [0.25, 0.3) is 0 Å². The van der Waals surface area contributed by atoms with E-state index in [1.165, 1.54) is 18.3 Å². The van der Waals surface area contributed by atoms with Crippen LogP contribution in [0.5, 0.6) is 5.88 Å². The smallest absolute Gasteiger partial charge is 0.388 e. The second-order valence-electron chi connectivity index (χ2n) is 6.43. The Morgan fingerprint density at radius 2 is 2.25 bits per heavy atom. The van der Waals surface area contributed by atoms with Crippen molar-refractivity contribution in [2.75, 3.05) is 18.5 Å². The van der Waals surface area contributed by atoms with Gasteiger partial charge in [0.1, 0.15) is 0 Å². The summed E-state index contributed by atoms with van der Waals surface area (Å²) < 4.78 is 28.4. The van der Waals surface area contributed by atoms with E-state index in [1.807, 2.05) is 0 Å². The number of nitrogens with one attached hydrogen (secondary N) is 1. The van der Waals surface area contributed by atoms with Crippen molar-refractivity contribution in [1.82, 2.24) is 9.88 Å². The molecule has 1 atom stereocenters.